The third-order valence-electron chi connectivity index (χ3n) is 3.07. The van der Waals surface area contributed by atoms with Crippen LogP contribution in [-0.2, 0) is 10.0 Å². The van der Waals surface area contributed by atoms with Gasteiger partial charge in [-0.25, -0.2) is 12.8 Å². The van der Waals surface area contributed by atoms with Crippen LogP contribution in [0.2, 0.25) is 0 Å². The van der Waals surface area contributed by atoms with Gasteiger partial charge >= 0.3 is 0 Å². The second-order valence-corrected chi connectivity index (χ2v) is 7.24. The molecule has 21 heavy (non-hydrogen) atoms. The molecule has 0 aliphatic rings. The van der Waals surface area contributed by atoms with Crippen molar-refractivity contribution in [3.8, 4) is 0 Å². The van der Waals surface area contributed by atoms with E-state index in [0.29, 0.717) is 16.9 Å². The van der Waals surface area contributed by atoms with Crippen molar-refractivity contribution < 1.29 is 12.8 Å². The molecule has 0 radical (unpaired) electrons. The lowest BCUT2D eigenvalue weighted by Crippen LogP contribution is -2.14. The van der Waals surface area contributed by atoms with Crippen molar-refractivity contribution in [2.75, 3.05) is 10.5 Å². The number of aryl methyl sites for hydroxylation is 2. The van der Waals surface area contributed by atoms with E-state index in [2.05, 4.69) is 20.7 Å². The fourth-order valence-corrected chi connectivity index (χ4v) is 3.25. The summed E-state index contributed by atoms with van der Waals surface area (Å²) in [7, 11) is -3.78. The average Bonchev–Trinajstić information content (AvgIpc) is 2.39. The Bertz CT molecular complexity index is 807. The van der Waals surface area contributed by atoms with E-state index >= 15 is 0 Å². The number of nitrogens with one attached hydrogen (secondary N) is 1. The number of nitrogens with two attached hydrogens (primary N) is 1. The summed E-state index contributed by atoms with van der Waals surface area (Å²) in [5.41, 5.74) is 7.73. The van der Waals surface area contributed by atoms with E-state index in [1.807, 2.05) is 0 Å². The highest BCUT2D eigenvalue weighted by molar-refractivity contribution is 9.10. The normalized spacial score (nSPS) is 11.4. The molecule has 0 saturated heterocycles. The Morgan fingerprint density at radius 1 is 1.14 bits per heavy atom. The van der Waals surface area contributed by atoms with Crippen LogP contribution in [-0.4, -0.2) is 8.42 Å². The van der Waals surface area contributed by atoms with Crippen LogP contribution in [0.4, 0.5) is 15.8 Å². The molecular weight excluding hydrogens is 359 g/mol. The number of anilines is 2. The van der Waals surface area contributed by atoms with Crippen molar-refractivity contribution in [3.05, 3.63) is 51.7 Å². The number of halogens is 2. The maximum absolute atomic E-state index is 13.4. The molecule has 0 amide bonds. The molecule has 0 bridgehead atoms. The SMILES string of the molecule is Cc1ccc(S(=O)(=O)Nc2cc(Br)c(F)cc2C)cc1N. The van der Waals surface area contributed by atoms with Gasteiger partial charge in [0.15, 0.2) is 0 Å². The summed E-state index contributed by atoms with van der Waals surface area (Å²) < 4.78 is 40.7. The van der Waals surface area contributed by atoms with Crippen molar-refractivity contribution in [3.63, 3.8) is 0 Å². The lowest BCUT2D eigenvalue weighted by atomic mass is 10.2. The number of hydrogen-bond acceptors (Lipinski definition) is 3. The Morgan fingerprint density at radius 3 is 2.43 bits per heavy atom. The van der Waals surface area contributed by atoms with Gasteiger partial charge in [-0.15, -0.1) is 0 Å². The van der Waals surface area contributed by atoms with Gasteiger partial charge in [0.05, 0.1) is 15.1 Å². The summed E-state index contributed by atoms with van der Waals surface area (Å²) in [6, 6.07) is 7.15. The minimum atomic E-state index is -3.78. The minimum Gasteiger partial charge on any atom is -0.398 e. The average molecular weight is 373 g/mol. The van der Waals surface area contributed by atoms with Crippen LogP contribution in [0.5, 0.6) is 0 Å². The molecule has 112 valence electrons. The van der Waals surface area contributed by atoms with E-state index in [-0.39, 0.29) is 9.37 Å². The molecule has 3 N–H and O–H groups in total. The molecule has 0 atom stereocenters. The smallest absolute Gasteiger partial charge is 0.261 e. The molecule has 0 spiro atoms. The molecular formula is C14H14BrFN2O2S. The van der Waals surface area contributed by atoms with Crippen LogP contribution < -0.4 is 10.5 Å². The standard InChI is InChI=1S/C14H14BrFN2O2S/c1-8-3-4-10(6-13(8)17)21(19,20)18-14-7-11(15)12(16)5-9(14)2/h3-7,18H,17H2,1-2H3. The fourth-order valence-electron chi connectivity index (χ4n) is 1.75. The Hall–Kier alpha value is -1.60. The maximum Gasteiger partial charge on any atom is 0.261 e. The summed E-state index contributed by atoms with van der Waals surface area (Å²) in [6.45, 7) is 3.41. The maximum atomic E-state index is 13.4. The summed E-state index contributed by atoms with van der Waals surface area (Å²) in [4.78, 5) is 0.0606. The number of nitrogen functional groups attached to an aromatic ring is 1. The first-order valence-corrected chi connectivity index (χ1v) is 8.33. The number of hydrogen-bond donors (Lipinski definition) is 2. The zero-order chi connectivity index (χ0) is 15.8. The largest absolute Gasteiger partial charge is 0.398 e. The zero-order valence-corrected chi connectivity index (χ0v) is 13.8. The van der Waals surface area contributed by atoms with Crippen molar-refractivity contribution in [1.82, 2.24) is 0 Å². The summed E-state index contributed by atoms with van der Waals surface area (Å²) in [6.07, 6.45) is 0. The Kier molecular flexibility index (Phi) is 4.25. The van der Waals surface area contributed by atoms with Crippen LogP contribution in [0.15, 0.2) is 39.7 Å². The molecule has 0 fully saturated rings. The molecule has 7 heteroatoms. The highest BCUT2D eigenvalue weighted by atomic mass is 79.9. The van der Waals surface area contributed by atoms with Crippen LogP contribution >= 0.6 is 15.9 Å². The van der Waals surface area contributed by atoms with Gasteiger partial charge in [0.2, 0.25) is 0 Å². The molecule has 2 rings (SSSR count). The highest BCUT2D eigenvalue weighted by Gasteiger charge is 2.17. The van der Waals surface area contributed by atoms with Gasteiger partial charge in [-0.1, -0.05) is 6.07 Å². The van der Waals surface area contributed by atoms with Crippen LogP contribution in [0.25, 0.3) is 0 Å². The second kappa shape index (κ2) is 5.65. The van der Waals surface area contributed by atoms with Crippen LogP contribution in [0.1, 0.15) is 11.1 Å². The van der Waals surface area contributed by atoms with E-state index in [4.69, 9.17) is 5.73 Å². The molecule has 4 nitrogen and oxygen atoms in total. The zero-order valence-electron chi connectivity index (χ0n) is 11.4. The predicted molar refractivity (Wildman–Crippen MR) is 85.2 cm³/mol. The fraction of sp³-hybridized carbons (Fsp3) is 0.143. The topological polar surface area (TPSA) is 72.2 Å². The number of benzene rings is 2. The molecule has 2 aromatic rings. The second-order valence-electron chi connectivity index (χ2n) is 4.71. The van der Waals surface area contributed by atoms with E-state index in [9.17, 15) is 12.8 Å². The Morgan fingerprint density at radius 2 is 1.81 bits per heavy atom. The first-order valence-electron chi connectivity index (χ1n) is 6.05. The van der Waals surface area contributed by atoms with Crippen molar-refractivity contribution >= 4 is 37.3 Å². The van der Waals surface area contributed by atoms with Gasteiger partial charge < -0.3 is 5.73 Å². The summed E-state index contributed by atoms with van der Waals surface area (Å²) in [5.74, 6) is -0.449. The highest BCUT2D eigenvalue weighted by Crippen LogP contribution is 2.27. The third-order valence-corrected chi connectivity index (χ3v) is 5.04. The minimum absolute atomic E-state index is 0.0606. The molecule has 0 unspecified atom stereocenters. The predicted octanol–water partition coefficient (Wildman–Crippen LogP) is 3.59. The van der Waals surface area contributed by atoms with E-state index in [1.54, 1.807) is 19.9 Å². The van der Waals surface area contributed by atoms with E-state index < -0.39 is 15.8 Å². The van der Waals surface area contributed by atoms with Crippen molar-refractivity contribution in [2.24, 2.45) is 0 Å². The van der Waals surface area contributed by atoms with Crippen molar-refractivity contribution in [1.29, 1.82) is 0 Å². The lowest BCUT2D eigenvalue weighted by molar-refractivity contribution is 0.600. The number of rotatable bonds is 3. The van der Waals surface area contributed by atoms with E-state index in [0.717, 1.165) is 5.56 Å². The molecule has 2 aromatic carbocycles. The molecule has 0 saturated carbocycles. The third kappa shape index (κ3) is 3.36. The number of sulfonamides is 1. The van der Waals surface area contributed by atoms with Gasteiger partial charge in [-0.3, -0.25) is 4.72 Å². The molecule has 0 heterocycles. The lowest BCUT2D eigenvalue weighted by Gasteiger charge is -2.12. The summed E-state index contributed by atoms with van der Waals surface area (Å²) in [5, 5.41) is 0. The van der Waals surface area contributed by atoms with Gasteiger partial charge in [0.25, 0.3) is 10.0 Å². The van der Waals surface area contributed by atoms with E-state index in [1.165, 1.54) is 24.3 Å². The van der Waals surface area contributed by atoms with Gasteiger partial charge in [0.1, 0.15) is 5.82 Å². The molecule has 0 aliphatic carbocycles. The van der Waals surface area contributed by atoms with Crippen LogP contribution in [0, 0.1) is 19.7 Å². The monoisotopic (exact) mass is 372 g/mol. The molecule has 0 aromatic heterocycles. The Balaban J connectivity index is 2.42. The van der Waals surface area contributed by atoms with Crippen LogP contribution in [0.3, 0.4) is 0 Å². The quantitative estimate of drug-likeness (QED) is 0.808. The summed E-state index contributed by atoms with van der Waals surface area (Å²) >= 11 is 3.04. The van der Waals surface area contributed by atoms with Gasteiger partial charge in [-0.2, -0.15) is 0 Å². The molecule has 0 aliphatic heterocycles. The van der Waals surface area contributed by atoms with Gasteiger partial charge in [-0.05, 0) is 65.2 Å². The van der Waals surface area contributed by atoms with Crippen molar-refractivity contribution in [2.45, 2.75) is 18.7 Å². The first kappa shape index (κ1) is 15.8. The first-order chi connectivity index (χ1) is 9.70. The Labute approximate surface area is 131 Å². The van der Waals surface area contributed by atoms with Gasteiger partial charge in [0, 0.05) is 5.69 Å².